The summed E-state index contributed by atoms with van der Waals surface area (Å²) in [5, 5.41) is 19.5. The third-order valence-electron chi connectivity index (χ3n) is 3.03. The highest BCUT2D eigenvalue weighted by atomic mass is 32.2. The largest absolute Gasteiger partial charge is 0.411 e. The van der Waals surface area contributed by atoms with Gasteiger partial charge in [-0.15, -0.1) is 20.4 Å². The molecule has 0 radical (unpaired) electrons. The first-order chi connectivity index (χ1) is 12.2. The third kappa shape index (κ3) is 4.80. The number of amides is 1. The summed E-state index contributed by atoms with van der Waals surface area (Å²) < 4.78 is 6.46. The fourth-order valence-corrected chi connectivity index (χ4v) is 4.14. The van der Waals surface area contributed by atoms with Crippen LogP contribution in [0, 0.1) is 6.92 Å². The Morgan fingerprint density at radius 1 is 1.20 bits per heavy atom. The zero-order valence-corrected chi connectivity index (χ0v) is 16.0. The highest BCUT2D eigenvalue weighted by molar-refractivity contribution is 8.01. The van der Waals surface area contributed by atoms with Crippen molar-refractivity contribution in [1.82, 2.24) is 20.4 Å². The number of nitrogens with one attached hydrogen (secondary N) is 1. The van der Waals surface area contributed by atoms with Crippen molar-refractivity contribution in [1.29, 1.82) is 0 Å². The molecule has 0 unspecified atom stereocenters. The molecule has 0 saturated heterocycles. The second-order valence-corrected chi connectivity index (χ2v) is 8.25. The molecule has 1 amide bonds. The van der Waals surface area contributed by atoms with E-state index in [1.54, 1.807) is 11.8 Å². The number of anilines is 1. The molecule has 2 aromatic heterocycles. The molecule has 0 aliphatic rings. The zero-order chi connectivity index (χ0) is 17.6. The summed E-state index contributed by atoms with van der Waals surface area (Å²) >= 11 is 4.13. The molecule has 1 N–H and O–H groups in total. The number of aryl methyl sites for hydroxylation is 1. The first-order valence-corrected chi connectivity index (χ1v) is 10.2. The number of nitrogens with zero attached hydrogens (tertiary/aromatic N) is 4. The molecule has 0 atom stereocenters. The number of hydrogen-bond donors (Lipinski definition) is 1. The van der Waals surface area contributed by atoms with Gasteiger partial charge < -0.3 is 4.42 Å². The monoisotopic (exact) mass is 393 g/mol. The van der Waals surface area contributed by atoms with Gasteiger partial charge in [0.05, 0.1) is 5.75 Å². The molecule has 0 aliphatic heterocycles. The number of carbonyl (C=O) groups is 1. The molecule has 0 aliphatic carbocycles. The summed E-state index contributed by atoms with van der Waals surface area (Å²) in [5.74, 6) is 1.33. The van der Waals surface area contributed by atoms with Crippen LogP contribution in [0.3, 0.4) is 0 Å². The smallest absolute Gasteiger partial charge is 0.277 e. The Morgan fingerprint density at radius 2 is 2.04 bits per heavy atom. The van der Waals surface area contributed by atoms with Gasteiger partial charge >= 0.3 is 0 Å². The minimum absolute atomic E-state index is 0.158. The van der Waals surface area contributed by atoms with E-state index < -0.39 is 0 Å². The van der Waals surface area contributed by atoms with Gasteiger partial charge in [0.1, 0.15) is 0 Å². The quantitative estimate of drug-likeness (QED) is 0.479. The number of rotatable bonds is 7. The maximum absolute atomic E-state index is 12.0. The topological polar surface area (TPSA) is 93.8 Å². The minimum Gasteiger partial charge on any atom is -0.411 e. The molecular formula is C15H15N5O2S3. The third-order valence-corrected chi connectivity index (χ3v) is 5.70. The van der Waals surface area contributed by atoms with Crippen molar-refractivity contribution in [3.05, 3.63) is 29.8 Å². The summed E-state index contributed by atoms with van der Waals surface area (Å²) in [6, 6.07) is 7.77. The second kappa shape index (κ2) is 8.45. The minimum atomic E-state index is -0.190. The van der Waals surface area contributed by atoms with Crippen LogP contribution in [0.2, 0.25) is 0 Å². The van der Waals surface area contributed by atoms with Crippen molar-refractivity contribution in [2.45, 2.75) is 23.4 Å². The van der Waals surface area contributed by atoms with Crippen LogP contribution in [0.1, 0.15) is 12.5 Å². The average Bonchev–Trinajstić information content (AvgIpc) is 3.23. The SMILES string of the molecule is CCSc1nnc(NC(=O)CSc2nnc(-c3ccccc3C)o2)s1. The average molecular weight is 394 g/mol. The van der Waals surface area contributed by atoms with E-state index >= 15 is 0 Å². The second-order valence-electron chi connectivity index (χ2n) is 4.83. The highest BCUT2D eigenvalue weighted by Gasteiger charge is 2.13. The lowest BCUT2D eigenvalue weighted by molar-refractivity contribution is -0.113. The lowest BCUT2D eigenvalue weighted by Crippen LogP contribution is -2.13. The van der Waals surface area contributed by atoms with Crippen LogP contribution in [-0.2, 0) is 4.79 Å². The van der Waals surface area contributed by atoms with E-state index in [1.807, 2.05) is 38.1 Å². The molecule has 3 aromatic rings. The van der Waals surface area contributed by atoms with E-state index in [-0.39, 0.29) is 11.7 Å². The lowest BCUT2D eigenvalue weighted by Gasteiger charge is -1.99. The van der Waals surface area contributed by atoms with Crippen molar-refractivity contribution in [3.8, 4) is 11.5 Å². The van der Waals surface area contributed by atoms with E-state index in [4.69, 9.17) is 4.42 Å². The normalized spacial score (nSPS) is 10.8. The molecule has 130 valence electrons. The number of aromatic nitrogens is 4. The highest BCUT2D eigenvalue weighted by Crippen LogP contribution is 2.27. The van der Waals surface area contributed by atoms with Crippen molar-refractivity contribution in [2.24, 2.45) is 0 Å². The molecule has 0 fully saturated rings. The van der Waals surface area contributed by atoms with Gasteiger partial charge in [-0.2, -0.15) is 0 Å². The zero-order valence-electron chi connectivity index (χ0n) is 13.6. The molecule has 3 rings (SSSR count). The Labute approximate surface area is 157 Å². The number of hydrogen-bond acceptors (Lipinski definition) is 9. The van der Waals surface area contributed by atoms with Gasteiger partial charge in [0.25, 0.3) is 5.22 Å². The molecular weight excluding hydrogens is 378 g/mol. The molecule has 25 heavy (non-hydrogen) atoms. The lowest BCUT2D eigenvalue weighted by atomic mass is 10.1. The summed E-state index contributed by atoms with van der Waals surface area (Å²) in [6.45, 7) is 4.02. The number of thioether (sulfide) groups is 2. The van der Waals surface area contributed by atoms with Crippen molar-refractivity contribution in [3.63, 3.8) is 0 Å². The maximum atomic E-state index is 12.0. The first kappa shape index (κ1) is 17.9. The first-order valence-electron chi connectivity index (χ1n) is 7.44. The van der Waals surface area contributed by atoms with E-state index in [0.29, 0.717) is 16.2 Å². The van der Waals surface area contributed by atoms with Crippen molar-refractivity contribution < 1.29 is 9.21 Å². The van der Waals surface area contributed by atoms with Crippen LogP contribution in [0.4, 0.5) is 5.13 Å². The van der Waals surface area contributed by atoms with Gasteiger partial charge in [0.2, 0.25) is 16.9 Å². The van der Waals surface area contributed by atoms with Crippen LogP contribution < -0.4 is 5.32 Å². The Morgan fingerprint density at radius 3 is 2.84 bits per heavy atom. The summed E-state index contributed by atoms with van der Waals surface area (Å²) in [5.41, 5.74) is 1.94. The predicted molar refractivity (Wildman–Crippen MR) is 100 cm³/mol. The standard InChI is InChI=1S/C15H15N5O2S3/c1-3-23-15-20-18-13(25-15)16-11(21)8-24-14-19-17-12(22-14)10-7-5-4-6-9(10)2/h4-7H,3,8H2,1-2H3,(H,16,18,21). The van der Waals surface area contributed by atoms with E-state index in [9.17, 15) is 4.79 Å². The molecule has 0 saturated carbocycles. The predicted octanol–water partition coefficient (Wildman–Crippen LogP) is 3.74. The van der Waals surface area contributed by atoms with Gasteiger partial charge in [-0.1, -0.05) is 60.0 Å². The van der Waals surface area contributed by atoms with Crippen LogP contribution in [0.5, 0.6) is 0 Å². The van der Waals surface area contributed by atoms with Gasteiger partial charge in [-0.3, -0.25) is 10.1 Å². The fourth-order valence-electron chi connectivity index (χ4n) is 1.91. The number of benzene rings is 1. The Kier molecular flexibility index (Phi) is 6.05. The van der Waals surface area contributed by atoms with Gasteiger partial charge in [0.15, 0.2) is 4.34 Å². The van der Waals surface area contributed by atoms with Crippen LogP contribution in [-0.4, -0.2) is 37.8 Å². The van der Waals surface area contributed by atoms with Gasteiger partial charge in [0, 0.05) is 5.56 Å². The van der Waals surface area contributed by atoms with Gasteiger partial charge in [-0.05, 0) is 24.3 Å². The van der Waals surface area contributed by atoms with Crippen molar-refractivity contribution >= 4 is 45.9 Å². The van der Waals surface area contributed by atoms with Crippen LogP contribution >= 0.6 is 34.9 Å². The summed E-state index contributed by atoms with van der Waals surface area (Å²) in [7, 11) is 0. The Balaban J connectivity index is 1.55. The van der Waals surface area contributed by atoms with Crippen LogP contribution in [0.15, 0.2) is 38.2 Å². The molecule has 0 spiro atoms. The van der Waals surface area contributed by atoms with E-state index in [2.05, 4.69) is 25.7 Å². The Hall–Kier alpha value is -1.91. The molecule has 0 bridgehead atoms. The van der Waals surface area contributed by atoms with Gasteiger partial charge in [-0.25, -0.2) is 0 Å². The number of carbonyl (C=O) groups excluding carboxylic acids is 1. The van der Waals surface area contributed by atoms with E-state index in [1.165, 1.54) is 23.1 Å². The fraction of sp³-hybridized carbons (Fsp3) is 0.267. The summed E-state index contributed by atoms with van der Waals surface area (Å²) in [4.78, 5) is 12.0. The summed E-state index contributed by atoms with van der Waals surface area (Å²) in [6.07, 6.45) is 0. The molecule has 1 aromatic carbocycles. The maximum Gasteiger partial charge on any atom is 0.277 e. The molecule has 2 heterocycles. The Bertz CT molecular complexity index is 864. The molecule has 7 nitrogen and oxygen atoms in total. The van der Waals surface area contributed by atoms with E-state index in [0.717, 1.165) is 21.2 Å². The van der Waals surface area contributed by atoms with Crippen LogP contribution in [0.25, 0.3) is 11.5 Å². The van der Waals surface area contributed by atoms with Crippen molar-refractivity contribution in [2.75, 3.05) is 16.8 Å². The molecule has 10 heteroatoms.